The summed E-state index contributed by atoms with van der Waals surface area (Å²) >= 11 is 3.38. The number of halogens is 1. The van der Waals surface area contributed by atoms with Crippen LogP contribution in [0.15, 0.2) is 46.9 Å². The Hall–Kier alpha value is -2.67. The number of urea groups is 1. The lowest BCUT2D eigenvalue weighted by Crippen LogP contribution is -2.42. The van der Waals surface area contributed by atoms with Crippen molar-refractivity contribution >= 4 is 39.5 Å². The van der Waals surface area contributed by atoms with Gasteiger partial charge in [-0.25, -0.2) is 4.79 Å². The zero-order chi connectivity index (χ0) is 19.9. The predicted octanol–water partition coefficient (Wildman–Crippen LogP) is 3.34. The van der Waals surface area contributed by atoms with Gasteiger partial charge in [-0.1, -0.05) is 34.1 Å². The van der Waals surface area contributed by atoms with Crippen LogP contribution in [0.4, 0.5) is 10.5 Å². The van der Waals surface area contributed by atoms with Crippen molar-refractivity contribution in [1.82, 2.24) is 10.2 Å². The molecule has 1 fully saturated rings. The highest BCUT2D eigenvalue weighted by molar-refractivity contribution is 9.10. The standard InChI is InChI=1S/C21H20BrN3O3/c1-21(15-6-3-7-16(22)11-15)19(27)25(20(28)24-21)12-18(26)23-17-9-8-13-4-2-5-14(13)10-17/h3,6-11H,2,4-5,12H2,1H3,(H,23,26)(H,24,28)/t21-/m1/s1. The normalized spacial score (nSPS) is 20.9. The summed E-state index contributed by atoms with van der Waals surface area (Å²) in [6, 6.07) is 12.5. The number of carbonyl (C=O) groups is 3. The summed E-state index contributed by atoms with van der Waals surface area (Å²) in [6.45, 7) is 1.32. The highest BCUT2D eigenvalue weighted by Crippen LogP contribution is 2.30. The lowest BCUT2D eigenvalue weighted by atomic mass is 9.92. The summed E-state index contributed by atoms with van der Waals surface area (Å²) in [4.78, 5) is 38.8. The molecule has 0 saturated carbocycles. The molecule has 2 N–H and O–H groups in total. The van der Waals surface area contributed by atoms with Crippen LogP contribution in [-0.2, 0) is 28.0 Å². The van der Waals surface area contributed by atoms with E-state index in [4.69, 9.17) is 0 Å². The van der Waals surface area contributed by atoms with Crippen LogP contribution in [-0.4, -0.2) is 29.3 Å². The number of nitrogens with zero attached hydrogens (tertiary/aromatic N) is 1. The zero-order valence-corrected chi connectivity index (χ0v) is 17.0. The van der Waals surface area contributed by atoms with E-state index in [9.17, 15) is 14.4 Å². The number of hydrogen-bond donors (Lipinski definition) is 2. The largest absolute Gasteiger partial charge is 0.325 e. The number of nitrogens with one attached hydrogen (secondary N) is 2. The van der Waals surface area contributed by atoms with E-state index in [-0.39, 0.29) is 6.54 Å². The van der Waals surface area contributed by atoms with E-state index < -0.39 is 23.4 Å². The van der Waals surface area contributed by atoms with Crippen molar-refractivity contribution in [2.45, 2.75) is 31.7 Å². The van der Waals surface area contributed by atoms with Crippen molar-refractivity contribution in [1.29, 1.82) is 0 Å². The van der Waals surface area contributed by atoms with Crippen molar-refractivity contribution in [2.24, 2.45) is 0 Å². The second kappa shape index (κ2) is 7.05. The number of amides is 4. The maximum atomic E-state index is 12.9. The van der Waals surface area contributed by atoms with Crippen molar-refractivity contribution in [3.8, 4) is 0 Å². The van der Waals surface area contributed by atoms with Gasteiger partial charge in [0.25, 0.3) is 5.91 Å². The second-order valence-electron chi connectivity index (χ2n) is 7.34. The van der Waals surface area contributed by atoms with Crippen molar-refractivity contribution in [2.75, 3.05) is 11.9 Å². The summed E-state index contributed by atoms with van der Waals surface area (Å²) in [5, 5.41) is 5.51. The summed E-state index contributed by atoms with van der Waals surface area (Å²) in [7, 11) is 0. The predicted molar refractivity (Wildman–Crippen MR) is 109 cm³/mol. The van der Waals surface area contributed by atoms with E-state index in [0.717, 1.165) is 28.6 Å². The first kappa shape index (κ1) is 18.7. The van der Waals surface area contributed by atoms with E-state index in [1.165, 1.54) is 11.1 Å². The minimum Gasteiger partial charge on any atom is -0.325 e. The number of imide groups is 1. The van der Waals surface area contributed by atoms with E-state index in [1.54, 1.807) is 25.1 Å². The third-order valence-electron chi connectivity index (χ3n) is 5.36. The maximum absolute atomic E-state index is 12.9. The fourth-order valence-electron chi connectivity index (χ4n) is 3.83. The first-order valence-corrected chi connectivity index (χ1v) is 9.98. The van der Waals surface area contributed by atoms with E-state index in [0.29, 0.717) is 11.3 Å². The lowest BCUT2D eigenvalue weighted by molar-refractivity contribution is -0.133. The van der Waals surface area contributed by atoms with Gasteiger partial charge in [0.15, 0.2) is 0 Å². The Morgan fingerprint density at radius 3 is 2.75 bits per heavy atom. The Morgan fingerprint density at radius 1 is 1.18 bits per heavy atom. The number of aryl methyl sites for hydroxylation is 2. The molecule has 4 rings (SSSR count). The van der Waals surface area contributed by atoms with Gasteiger partial charge in [0, 0.05) is 10.2 Å². The molecule has 7 heteroatoms. The molecule has 0 bridgehead atoms. The smallest absolute Gasteiger partial charge is 0.325 e. The quantitative estimate of drug-likeness (QED) is 0.714. The van der Waals surface area contributed by atoms with Gasteiger partial charge in [0.1, 0.15) is 12.1 Å². The highest BCUT2D eigenvalue weighted by atomic mass is 79.9. The number of fused-ring (bicyclic) bond motifs is 1. The number of anilines is 1. The molecule has 6 nitrogen and oxygen atoms in total. The Labute approximate surface area is 171 Å². The zero-order valence-electron chi connectivity index (χ0n) is 15.4. The third-order valence-corrected chi connectivity index (χ3v) is 5.85. The topological polar surface area (TPSA) is 78.5 Å². The highest BCUT2D eigenvalue weighted by Gasteiger charge is 2.49. The molecular weight excluding hydrogens is 422 g/mol. The van der Waals surface area contributed by atoms with Crippen LogP contribution < -0.4 is 10.6 Å². The van der Waals surface area contributed by atoms with Gasteiger partial charge in [-0.2, -0.15) is 0 Å². The van der Waals surface area contributed by atoms with Gasteiger partial charge in [0.05, 0.1) is 0 Å². The Bertz CT molecular complexity index is 991. The van der Waals surface area contributed by atoms with Crippen LogP contribution in [0.25, 0.3) is 0 Å². The van der Waals surface area contributed by atoms with Crippen LogP contribution in [0.1, 0.15) is 30.0 Å². The first-order valence-electron chi connectivity index (χ1n) is 9.18. The molecule has 1 atom stereocenters. The summed E-state index contributed by atoms with van der Waals surface area (Å²) in [5.74, 6) is -0.848. The number of hydrogen-bond acceptors (Lipinski definition) is 3. The van der Waals surface area contributed by atoms with Crippen LogP contribution in [0.5, 0.6) is 0 Å². The monoisotopic (exact) mass is 441 g/mol. The minimum atomic E-state index is -1.20. The summed E-state index contributed by atoms with van der Waals surface area (Å²) in [6.07, 6.45) is 3.21. The van der Waals surface area contributed by atoms with Gasteiger partial charge >= 0.3 is 6.03 Å². The molecule has 1 saturated heterocycles. The molecule has 2 aromatic carbocycles. The SMILES string of the molecule is C[C@]1(c2cccc(Br)c2)NC(=O)N(CC(=O)Nc2ccc3c(c2)CCC3)C1=O. The maximum Gasteiger partial charge on any atom is 0.325 e. The molecule has 1 heterocycles. The summed E-state index contributed by atoms with van der Waals surface area (Å²) < 4.78 is 0.807. The van der Waals surface area contributed by atoms with Gasteiger partial charge in [-0.05, 0) is 67.1 Å². The van der Waals surface area contributed by atoms with E-state index >= 15 is 0 Å². The molecule has 0 aromatic heterocycles. The average molecular weight is 442 g/mol. The Kier molecular flexibility index (Phi) is 4.71. The van der Waals surface area contributed by atoms with Gasteiger partial charge in [0.2, 0.25) is 5.91 Å². The van der Waals surface area contributed by atoms with Crippen molar-refractivity contribution in [3.63, 3.8) is 0 Å². The molecular formula is C21H20BrN3O3. The molecule has 2 aromatic rings. The van der Waals surface area contributed by atoms with E-state index in [2.05, 4.69) is 26.6 Å². The molecule has 1 aliphatic heterocycles. The molecule has 28 heavy (non-hydrogen) atoms. The molecule has 4 amide bonds. The van der Waals surface area contributed by atoms with E-state index in [1.807, 2.05) is 24.3 Å². The van der Waals surface area contributed by atoms with Crippen LogP contribution >= 0.6 is 15.9 Å². The van der Waals surface area contributed by atoms with Gasteiger partial charge < -0.3 is 10.6 Å². The van der Waals surface area contributed by atoms with Gasteiger partial charge in [-0.3, -0.25) is 14.5 Å². The van der Waals surface area contributed by atoms with Crippen LogP contribution in [0.2, 0.25) is 0 Å². The fourth-order valence-corrected chi connectivity index (χ4v) is 4.23. The van der Waals surface area contributed by atoms with Crippen LogP contribution in [0, 0.1) is 0 Å². The number of carbonyl (C=O) groups excluding carboxylic acids is 3. The molecule has 0 spiro atoms. The number of benzene rings is 2. The minimum absolute atomic E-state index is 0.328. The second-order valence-corrected chi connectivity index (χ2v) is 8.26. The number of rotatable bonds is 4. The third kappa shape index (κ3) is 3.30. The first-order chi connectivity index (χ1) is 13.4. The molecule has 0 radical (unpaired) electrons. The van der Waals surface area contributed by atoms with Crippen molar-refractivity contribution < 1.29 is 14.4 Å². The summed E-state index contributed by atoms with van der Waals surface area (Å²) in [5.41, 5.74) is 2.70. The lowest BCUT2D eigenvalue weighted by Gasteiger charge is -2.22. The molecule has 1 aliphatic carbocycles. The van der Waals surface area contributed by atoms with Crippen LogP contribution in [0.3, 0.4) is 0 Å². The van der Waals surface area contributed by atoms with Gasteiger partial charge in [-0.15, -0.1) is 0 Å². The fraction of sp³-hybridized carbons (Fsp3) is 0.286. The molecule has 144 valence electrons. The molecule has 2 aliphatic rings. The average Bonchev–Trinajstić information content (AvgIpc) is 3.20. The molecule has 0 unspecified atom stereocenters. The Morgan fingerprint density at radius 2 is 1.96 bits per heavy atom. The Balaban J connectivity index is 1.48. The van der Waals surface area contributed by atoms with Crippen molar-refractivity contribution in [3.05, 3.63) is 63.6 Å².